The highest BCUT2D eigenvalue weighted by atomic mass is 32.2. The van der Waals surface area contributed by atoms with Crippen LogP contribution < -0.4 is 0 Å². The molecule has 0 aliphatic heterocycles. The Morgan fingerprint density at radius 2 is 0.843 bits per heavy atom. The zero-order valence-electron chi connectivity index (χ0n) is 30.8. The van der Waals surface area contributed by atoms with E-state index in [9.17, 15) is 13.2 Å². The third-order valence-electron chi connectivity index (χ3n) is 9.44. The summed E-state index contributed by atoms with van der Waals surface area (Å²) in [5.41, 5.74) is 12.3. The fraction of sp³-hybridized carbons (Fsp3) is 0.318. The average Bonchev–Trinajstić information content (AvgIpc) is 3.40. The number of hydrogen-bond acceptors (Lipinski definition) is 2. The van der Waals surface area contributed by atoms with Crippen LogP contribution in [-0.4, -0.2) is 18.5 Å². The Morgan fingerprint density at radius 3 is 1.27 bits per heavy atom. The van der Waals surface area contributed by atoms with Crippen LogP contribution in [0.2, 0.25) is 0 Å². The normalized spacial score (nSPS) is 13.3. The van der Waals surface area contributed by atoms with E-state index in [0.717, 1.165) is 6.42 Å². The Hall–Kier alpha value is -4.20. The van der Waals surface area contributed by atoms with Crippen LogP contribution in [0.25, 0.3) is 44.5 Å². The van der Waals surface area contributed by atoms with Crippen molar-refractivity contribution >= 4 is 10.1 Å². The molecule has 1 N–H and O–H groups in total. The SMILES string of the molecule is CC(C)(C)c1ccccc1-c1cc2c(c(-c3ccccc3C(C)(C)C)c1-c1ccccc1C(C)(C)C)Cc1ccccc1-2.O=S(=O)(O)C(F)(F)F. The second kappa shape index (κ2) is 13.4. The van der Waals surface area contributed by atoms with Crippen molar-refractivity contribution in [3.63, 3.8) is 0 Å². The van der Waals surface area contributed by atoms with Gasteiger partial charge in [0.05, 0.1) is 0 Å². The number of hydrogen-bond donors (Lipinski definition) is 1. The van der Waals surface area contributed by atoms with Crippen molar-refractivity contribution in [3.8, 4) is 44.5 Å². The van der Waals surface area contributed by atoms with Gasteiger partial charge in [-0.2, -0.15) is 21.6 Å². The van der Waals surface area contributed by atoms with E-state index in [-0.39, 0.29) is 16.2 Å². The molecular weight excluding hydrogens is 666 g/mol. The molecule has 268 valence electrons. The molecule has 0 aromatic heterocycles. The van der Waals surface area contributed by atoms with Crippen molar-refractivity contribution in [2.24, 2.45) is 0 Å². The predicted octanol–water partition coefficient (Wildman–Crippen LogP) is 12.5. The van der Waals surface area contributed by atoms with Crippen LogP contribution in [0.3, 0.4) is 0 Å². The van der Waals surface area contributed by atoms with Gasteiger partial charge in [0, 0.05) is 0 Å². The summed E-state index contributed by atoms with van der Waals surface area (Å²) in [6.07, 6.45) is 0.950. The Morgan fingerprint density at radius 1 is 0.490 bits per heavy atom. The molecule has 0 bridgehead atoms. The topological polar surface area (TPSA) is 54.4 Å². The van der Waals surface area contributed by atoms with Gasteiger partial charge in [-0.05, 0) is 101 Å². The van der Waals surface area contributed by atoms with Gasteiger partial charge in [0.1, 0.15) is 0 Å². The van der Waals surface area contributed by atoms with Crippen LogP contribution in [0.15, 0.2) is 103 Å². The molecule has 0 spiro atoms. The molecule has 1 aliphatic rings. The average molecular weight is 713 g/mol. The van der Waals surface area contributed by atoms with Crippen molar-refractivity contribution in [3.05, 3.63) is 131 Å². The molecule has 0 heterocycles. The zero-order valence-corrected chi connectivity index (χ0v) is 31.6. The minimum atomic E-state index is -5.84. The van der Waals surface area contributed by atoms with Crippen LogP contribution in [0.5, 0.6) is 0 Å². The molecular formula is C44H47F3O3S. The van der Waals surface area contributed by atoms with Gasteiger partial charge >= 0.3 is 15.6 Å². The first-order valence-electron chi connectivity index (χ1n) is 17.1. The molecule has 6 rings (SSSR count). The summed E-state index contributed by atoms with van der Waals surface area (Å²) in [4.78, 5) is 0. The minimum Gasteiger partial charge on any atom is -0.279 e. The van der Waals surface area contributed by atoms with E-state index in [2.05, 4.69) is 165 Å². The summed E-state index contributed by atoms with van der Waals surface area (Å²) < 4.78 is 57.5. The van der Waals surface area contributed by atoms with Gasteiger partial charge in [-0.3, -0.25) is 4.55 Å². The maximum Gasteiger partial charge on any atom is 0.522 e. The highest BCUT2D eigenvalue weighted by Crippen LogP contribution is 2.54. The molecule has 51 heavy (non-hydrogen) atoms. The lowest BCUT2D eigenvalue weighted by Gasteiger charge is -2.31. The summed E-state index contributed by atoms with van der Waals surface area (Å²) in [7, 11) is -5.84. The quantitative estimate of drug-likeness (QED) is 0.147. The number of halogens is 3. The summed E-state index contributed by atoms with van der Waals surface area (Å²) in [5.74, 6) is 0. The number of benzene rings is 5. The Kier molecular flexibility index (Phi) is 10.0. The van der Waals surface area contributed by atoms with E-state index < -0.39 is 15.6 Å². The molecule has 0 unspecified atom stereocenters. The standard InChI is InChI=1S/C43H46.CHF3O3S/c1-41(2,3)36-23-15-12-20-30(36)35-27-33-29-19-11-10-18-28(29)26-34(33)39(31-21-13-16-24-37(31)42(4,5)6)40(35)32-22-14-17-25-38(32)43(7,8)9;2-1(3,4)8(5,6)7/h10-25,27H,26H2,1-9H3;(H,5,6,7). The lowest BCUT2D eigenvalue weighted by atomic mass is 9.72. The first-order chi connectivity index (χ1) is 23.5. The highest BCUT2D eigenvalue weighted by Gasteiger charge is 2.44. The van der Waals surface area contributed by atoms with Crippen molar-refractivity contribution in [2.45, 2.75) is 90.5 Å². The third-order valence-corrected chi connectivity index (χ3v) is 10.0. The molecule has 1 aliphatic carbocycles. The maximum absolute atomic E-state index is 10.7. The monoisotopic (exact) mass is 712 g/mol. The summed E-state index contributed by atoms with van der Waals surface area (Å²) in [5, 5.41) is 0. The summed E-state index contributed by atoms with van der Waals surface area (Å²) >= 11 is 0. The maximum atomic E-state index is 10.7. The van der Waals surface area contributed by atoms with Gasteiger partial charge in [0.25, 0.3) is 0 Å². The Balaban J connectivity index is 0.000000565. The first-order valence-corrected chi connectivity index (χ1v) is 18.6. The van der Waals surface area contributed by atoms with Crippen molar-refractivity contribution in [2.75, 3.05) is 0 Å². The molecule has 0 saturated heterocycles. The zero-order chi connectivity index (χ0) is 37.7. The van der Waals surface area contributed by atoms with E-state index in [0.29, 0.717) is 0 Å². The predicted molar refractivity (Wildman–Crippen MR) is 205 cm³/mol. The lowest BCUT2D eigenvalue weighted by molar-refractivity contribution is -0.0510. The fourth-order valence-corrected chi connectivity index (χ4v) is 7.15. The van der Waals surface area contributed by atoms with Crippen molar-refractivity contribution in [1.82, 2.24) is 0 Å². The fourth-order valence-electron chi connectivity index (χ4n) is 7.15. The van der Waals surface area contributed by atoms with E-state index in [4.69, 9.17) is 13.0 Å². The van der Waals surface area contributed by atoms with E-state index in [1.807, 2.05) is 0 Å². The van der Waals surface area contributed by atoms with Crippen LogP contribution in [0.4, 0.5) is 13.2 Å². The number of alkyl halides is 3. The molecule has 3 nitrogen and oxygen atoms in total. The van der Waals surface area contributed by atoms with Gasteiger partial charge < -0.3 is 0 Å². The summed E-state index contributed by atoms with van der Waals surface area (Å²) in [6, 6.07) is 39.0. The van der Waals surface area contributed by atoms with Crippen LogP contribution in [0.1, 0.15) is 90.1 Å². The minimum absolute atomic E-state index is 0.00217. The van der Waals surface area contributed by atoms with Crippen molar-refractivity contribution < 1.29 is 26.1 Å². The Labute approximate surface area is 301 Å². The third kappa shape index (κ3) is 7.70. The van der Waals surface area contributed by atoms with Crippen LogP contribution in [-0.2, 0) is 32.8 Å². The van der Waals surface area contributed by atoms with Gasteiger partial charge in [-0.1, -0.05) is 159 Å². The molecule has 7 heteroatoms. The van der Waals surface area contributed by atoms with Gasteiger partial charge in [-0.25, -0.2) is 0 Å². The first kappa shape index (κ1) is 38.0. The van der Waals surface area contributed by atoms with E-state index in [1.54, 1.807) is 0 Å². The molecule has 5 aromatic rings. The molecule has 0 radical (unpaired) electrons. The largest absolute Gasteiger partial charge is 0.522 e. The van der Waals surface area contributed by atoms with E-state index >= 15 is 0 Å². The highest BCUT2D eigenvalue weighted by molar-refractivity contribution is 7.86. The lowest BCUT2D eigenvalue weighted by Crippen LogP contribution is -2.21. The van der Waals surface area contributed by atoms with Gasteiger partial charge in [-0.15, -0.1) is 0 Å². The number of rotatable bonds is 3. The molecule has 0 atom stereocenters. The summed E-state index contributed by atoms with van der Waals surface area (Å²) in [6.45, 7) is 21.1. The number of fused-ring (bicyclic) bond motifs is 3. The molecule has 0 saturated carbocycles. The van der Waals surface area contributed by atoms with Crippen molar-refractivity contribution in [1.29, 1.82) is 0 Å². The second-order valence-corrected chi connectivity index (χ2v) is 17.8. The van der Waals surface area contributed by atoms with Crippen LogP contribution in [0, 0.1) is 0 Å². The molecule has 5 aromatic carbocycles. The smallest absolute Gasteiger partial charge is 0.279 e. The Bertz CT molecular complexity index is 2190. The van der Waals surface area contributed by atoms with Gasteiger partial charge in [0.2, 0.25) is 0 Å². The molecule has 0 amide bonds. The van der Waals surface area contributed by atoms with E-state index in [1.165, 1.54) is 72.3 Å². The second-order valence-electron chi connectivity index (χ2n) is 16.3. The molecule has 0 fully saturated rings. The van der Waals surface area contributed by atoms with Gasteiger partial charge in [0.15, 0.2) is 0 Å². The van der Waals surface area contributed by atoms with Crippen LogP contribution >= 0.6 is 0 Å².